The van der Waals surface area contributed by atoms with Crippen LogP contribution < -0.4 is 0 Å². The van der Waals surface area contributed by atoms with E-state index in [0.29, 0.717) is 17.6 Å². The summed E-state index contributed by atoms with van der Waals surface area (Å²) in [5.74, 6) is 1.81. The van der Waals surface area contributed by atoms with Crippen LogP contribution in [-0.4, -0.2) is 32.3 Å². The molecule has 0 amide bonds. The zero-order valence-corrected chi connectivity index (χ0v) is 23.8. The number of carbonyl (C=O) groups excluding carboxylic acids is 1. The van der Waals surface area contributed by atoms with E-state index in [1.807, 2.05) is 31.2 Å². The SMILES string of the molecule is [C-]#[N+]C(Cl)Cn1nc(-c2ccccc2C)nc1CC(=O)OC1C(C(C)(C)C)CC(C)CC1C(C)(C)C. The zero-order valence-electron chi connectivity index (χ0n) is 23.0. The first-order valence-corrected chi connectivity index (χ1v) is 13.3. The van der Waals surface area contributed by atoms with Gasteiger partial charge in [0.2, 0.25) is 0 Å². The summed E-state index contributed by atoms with van der Waals surface area (Å²) >= 11 is 6.14. The number of esters is 1. The third-order valence-corrected chi connectivity index (χ3v) is 7.73. The molecule has 1 heterocycles. The number of ether oxygens (including phenoxy) is 1. The van der Waals surface area contributed by atoms with Crippen molar-refractivity contribution in [1.82, 2.24) is 14.8 Å². The Balaban J connectivity index is 1.91. The number of hydrogen-bond acceptors (Lipinski definition) is 4. The van der Waals surface area contributed by atoms with Gasteiger partial charge in [-0.2, -0.15) is 5.10 Å². The van der Waals surface area contributed by atoms with Crippen molar-refractivity contribution >= 4 is 17.6 Å². The van der Waals surface area contributed by atoms with Gasteiger partial charge in [-0.15, -0.1) is 0 Å². The van der Waals surface area contributed by atoms with E-state index in [9.17, 15) is 4.79 Å². The standard InChI is InChI=1S/C29H41ClN4O2/c1-18-14-21(28(3,4)5)26(22(15-18)29(6,7)8)36-25(35)16-24-32-27(20-13-11-10-12-19(20)2)33-34(24)17-23(30)31-9/h10-13,18,21-23,26H,14-17H2,1-8H3. The third-order valence-electron chi connectivity index (χ3n) is 7.50. The van der Waals surface area contributed by atoms with Crippen molar-refractivity contribution in [2.75, 3.05) is 0 Å². The number of carbonyl (C=O) groups is 1. The lowest BCUT2D eigenvalue weighted by Gasteiger charge is -2.50. The lowest BCUT2D eigenvalue weighted by Crippen LogP contribution is -2.49. The van der Waals surface area contributed by atoms with Crippen molar-refractivity contribution in [3.05, 3.63) is 47.1 Å². The molecule has 7 heteroatoms. The highest BCUT2D eigenvalue weighted by molar-refractivity contribution is 6.21. The van der Waals surface area contributed by atoms with Gasteiger partial charge in [-0.05, 0) is 53.7 Å². The fraction of sp³-hybridized carbons (Fsp3) is 0.655. The molecule has 1 aromatic carbocycles. The average Bonchev–Trinajstić information content (AvgIpc) is 3.14. The van der Waals surface area contributed by atoms with Crippen molar-refractivity contribution in [1.29, 1.82) is 0 Å². The molecule has 0 radical (unpaired) electrons. The Morgan fingerprint density at radius 1 is 1.17 bits per heavy atom. The van der Waals surface area contributed by atoms with Crippen molar-refractivity contribution in [2.24, 2.45) is 28.6 Å². The number of aromatic nitrogens is 3. The first-order valence-electron chi connectivity index (χ1n) is 12.9. The smallest absolute Gasteiger partial charge is 0.316 e. The van der Waals surface area contributed by atoms with Gasteiger partial charge in [-0.25, -0.2) is 16.2 Å². The minimum absolute atomic E-state index is 0.0136. The zero-order chi connectivity index (χ0) is 26.8. The van der Waals surface area contributed by atoms with Crippen molar-refractivity contribution in [3.8, 4) is 11.4 Å². The second-order valence-electron chi connectivity index (χ2n) is 12.6. The Bertz CT molecular complexity index is 1080. The largest absolute Gasteiger partial charge is 0.461 e. The molecule has 3 unspecified atom stereocenters. The van der Waals surface area contributed by atoms with Gasteiger partial charge >= 0.3 is 11.5 Å². The number of halogens is 1. The monoisotopic (exact) mass is 512 g/mol. The maximum absolute atomic E-state index is 13.4. The number of alkyl halides is 1. The first kappa shape index (κ1) is 28.2. The van der Waals surface area contributed by atoms with E-state index in [1.165, 1.54) is 0 Å². The maximum Gasteiger partial charge on any atom is 0.316 e. The molecule has 0 saturated heterocycles. The maximum atomic E-state index is 13.4. The molecular weight excluding hydrogens is 472 g/mol. The number of benzene rings is 1. The molecule has 0 spiro atoms. The molecule has 0 aliphatic heterocycles. The van der Waals surface area contributed by atoms with Crippen molar-refractivity contribution < 1.29 is 9.53 Å². The van der Waals surface area contributed by atoms with Gasteiger partial charge in [0, 0.05) is 17.4 Å². The van der Waals surface area contributed by atoms with Gasteiger partial charge in [-0.1, -0.05) is 72.7 Å². The summed E-state index contributed by atoms with van der Waals surface area (Å²) in [5.41, 5.74) is 1.17. The number of aryl methyl sites for hydroxylation is 1. The van der Waals surface area contributed by atoms with Gasteiger partial charge in [0.05, 0.1) is 0 Å². The van der Waals surface area contributed by atoms with Crippen LogP contribution in [0.1, 0.15) is 72.7 Å². The summed E-state index contributed by atoms with van der Waals surface area (Å²) in [4.78, 5) is 21.5. The summed E-state index contributed by atoms with van der Waals surface area (Å²) in [6.07, 6.45) is 1.91. The van der Waals surface area contributed by atoms with E-state index in [1.54, 1.807) is 4.68 Å². The summed E-state index contributed by atoms with van der Waals surface area (Å²) in [7, 11) is 0. The molecule has 1 aromatic heterocycles. The molecule has 6 nitrogen and oxygen atoms in total. The molecule has 2 aromatic rings. The molecule has 1 saturated carbocycles. The Morgan fingerprint density at radius 3 is 2.28 bits per heavy atom. The van der Waals surface area contributed by atoms with E-state index in [2.05, 4.69) is 58.4 Å². The molecule has 1 aliphatic carbocycles. The van der Waals surface area contributed by atoms with Gasteiger partial charge < -0.3 is 4.74 Å². The van der Waals surface area contributed by atoms with E-state index in [0.717, 1.165) is 24.0 Å². The second kappa shape index (κ2) is 10.9. The van der Waals surface area contributed by atoms with Crippen molar-refractivity contribution in [2.45, 2.75) is 92.8 Å². The Morgan fingerprint density at radius 2 is 1.75 bits per heavy atom. The summed E-state index contributed by atoms with van der Waals surface area (Å²) in [6, 6.07) is 7.85. The lowest BCUT2D eigenvalue weighted by molar-refractivity contribution is -0.168. The number of nitrogens with zero attached hydrogens (tertiary/aromatic N) is 4. The van der Waals surface area contributed by atoms with E-state index in [4.69, 9.17) is 27.9 Å². The number of hydrogen-bond donors (Lipinski definition) is 0. The minimum Gasteiger partial charge on any atom is -0.461 e. The van der Waals surface area contributed by atoms with Crippen LogP contribution in [0, 0.1) is 42.1 Å². The van der Waals surface area contributed by atoms with Crippen LogP contribution in [0.4, 0.5) is 0 Å². The predicted octanol–water partition coefficient (Wildman–Crippen LogP) is 6.95. The van der Waals surface area contributed by atoms with Crippen LogP contribution in [0.2, 0.25) is 0 Å². The van der Waals surface area contributed by atoms with E-state index in [-0.39, 0.29) is 47.7 Å². The average molecular weight is 513 g/mol. The summed E-state index contributed by atoms with van der Waals surface area (Å²) in [6.45, 7) is 25.2. The fourth-order valence-electron chi connectivity index (χ4n) is 5.46. The highest BCUT2D eigenvalue weighted by Crippen LogP contribution is 2.49. The summed E-state index contributed by atoms with van der Waals surface area (Å²) in [5, 5.41) is 4.62. The molecule has 0 N–H and O–H groups in total. The minimum atomic E-state index is -0.790. The Labute approximate surface area is 221 Å². The third kappa shape index (κ3) is 6.68. The van der Waals surface area contributed by atoms with Crippen LogP contribution in [0.25, 0.3) is 16.2 Å². The molecule has 0 bridgehead atoms. The normalized spacial score (nSPS) is 23.7. The number of rotatable bonds is 6. The van der Waals surface area contributed by atoms with Gasteiger partial charge in [0.15, 0.2) is 5.82 Å². The molecule has 3 rings (SSSR count). The van der Waals surface area contributed by atoms with E-state index >= 15 is 0 Å². The molecule has 1 aliphatic rings. The quantitative estimate of drug-likeness (QED) is 0.182. The van der Waals surface area contributed by atoms with Gasteiger partial charge in [0.25, 0.3) is 0 Å². The second-order valence-corrected chi connectivity index (χ2v) is 13.1. The van der Waals surface area contributed by atoms with Crippen LogP contribution >= 0.6 is 11.6 Å². The lowest BCUT2D eigenvalue weighted by atomic mass is 9.59. The molecular formula is C29H41ClN4O2. The fourth-order valence-corrected chi connectivity index (χ4v) is 5.59. The summed E-state index contributed by atoms with van der Waals surface area (Å²) < 4.78 is 7.92. The molecule has 36 heavy (non-hydrogen) atoms. The van der Waals surface area contributed by atoms with Crippen LogP contribution in [-0.2, 0) is 22.5 Å². The van der Waals surface area contributed by atoms with Gasteiger partial charge in [0.1, 0.15) is 24.9 Å². The van der Waals surface area contributed by atoms with Gasteiger partial charge in [-0.3, -0.25) is 9.64 Å². The van der Waals surface area contributed by atoms with Crippen LogP contribution in [0.3, 0.4) is 0 Å². The molecule has 196 valence electrons. The molecule has 3 atom stereocenters. The Kier molecular flexibility index (Phi) is 8.55. The van der Waals surface area contributed by atoms with Crippen molar-refractivity contribution in [3.63, 3.8) is 0 Å². The predicted molar refractivity (Wildman–Crippen MR) is 144 cm³/mol. The van der Waals surface area contributed by atoms with Crippen LogP contribution in [0.15, 0.2) is 24.3 Å². The van der Waals surface area contributed by atoms with Crippen LogP contribution in [0.5, 0.6) is 0 Å². The highest BCUT2D eigenvalue weighted by atomic mass is 35.5. The Hall–Kier alpha value is -2.39. The van der Waals surface area contributed by atoms with E-state index < -0.39 is 5.50 Å². The molecule has 1 fully saturated rings. The topological polar surface area (TPSA) is 61.4 Å². The highest BCUT2D eigenvalue weighted by Gasteiger charge is 2.48. The first-order chi connectivity index (χ1) is 16.7.